The number of amides is 2. The van der Waals surface area contributed by atoms with E-state index in [-0.39, 0.29) is 49.6 Å². The molecule has 0 fully saturated rings. The molecule has 0 aliphatic heterocycles. The normalized spacial score (nSPS) is 10.6. The van der Waals surface area contributed by atoms with Crippen molar-refractivity contribution < 1.29 is 23.8 Å². The lowest BCUT2D eigenvalue weighted by molar-refractivity contribution is -0.385. The van der Waals surface area contributed by atoms with Gasteiger partial charge in [0.15, 0.2) is 12.4 Å². The van der Waals surface area contributed by atoms with Crippen LogP contribution in [0.3, 0.4) is 0 Å². The molecule has 0 radical (unpaired) electrons. The van der Waals surface area contributed by atoms with Crippen molar-refractivity contribution in [1.82, 2.24) is 30.6 Å². The highest BCUT2D eigenvalue weighted by molar-refractivity contribution is 6.32. The fourth-order valence-electron chi connectivity index (χ4n) is 2.73. The van der Waals surface area contributed by atoms with Crippen molar-refractivity contribution in [1.29, 1.82) is 0 Å². The first-order chi connectivity index (χ1) is 15.7. The van der Waals surface area contributed by atoms with E-state index in [4.69, 9.17) is 20.9 Å². The quantitative estimate of drug-likeness (QED) is 0.249. The van der Waals surface area contributed by atoms with Crippen LogP contribution in [0.4, 0.5) is 5.69 Å². The number of aryl methyl sites for hydroxylation is 2. The highest BCUT2D eigenvalue weighted by atomic mass is 35.5. The number of ether oxygens (including phenoxy) is 1. The van der Waals surface area contributed by atoms with E-state index in [1.165, 1.54) is 10.9 Å². The van der Waals surface area contributed by atoms with Gasteiger partial charge in [0.25, 0.3) is 5.91 Å². The molecule has 14 heteroatoms. The number of rotatable bonds is 10. The van der Waals surface area contributed by atoms with Crippen molar-refractivity contribution in [2.45, 2.75) is 20.4 Å². The van der Waals surface area contributed by atoms with Gasteiger partial charge in [-0.1, -0.05) is 16.8 Å². The van der Waals surface area contributed by atoms with Crippen LogP contribution in [0.5, 0.6) is 5.75 Å². The fourth-order valence-corrected chi connectivity index (χ4v) is 2.84. The Morgan fingerprint density at radius 3 is 2.61 bits per heavy atom. The van der Waals surface area contributed by atoms with Crippen molar-refractivity contribution >= 4 is 29.1 Å². The Labute approximate surface area is 192 Å². The minimum absolute atomic E-state index is 0.00660. The molecule has 3 rings (SSSR count). The van der Waals surface area contributed by atoms with Gasteiger partial charge in [0.2, 0.25) is 0 Å². The van der Waals surface area contributed by atoms with Crippen molar-refractivity contribution in [3.8, 4) is 5.75 Å². The third-order valence-corrected chi connectivity index (χ3v) is 4.90. The maximum absolute atomic E-state index is 12.1. The maximum Gasteiger partial charge on any atom is 0.316 e. The van der Waals surface area contributed by atoms with E-state index in [2.05, 4.69) is 25.9 Å². The summed E-state index contributed by atoms with van der Waals surface area (Å²) in [6.07, 6.45) is 2.29. The summed E-state index contributed by atoms with van der Waals surface area (Å²) in [5.41, 5.74) is 1.53. The van der Waals surface area contributed by atoms with Crippen molar-refractivity contribution in [3.05, 3.63) is 62.5 Å². The van der Waals surface area contributed by atoms with Gasteiger partial charge in [-0.3, -0.25) is 24.4 Å². The number of nitro groups is 1. The van der Waals surface area contributed by atoms with E-state index in [9.17, 15) is 19.7 Å². The smallest absolute Gasteiger partial charge is 0.316 e. The van der Waals surface area contributed by atoms with E-state index in [1.54, 1.807) is 12.1 Å². The second-order valence-corrected chi connectivity index (χ2v) is 7.31. The fraction of sp³-hybridized carbons (Fsp3) is 0.316. The van der Waals surface area contributed by atoms with E-state index in [0.717, 1.165) is 17.3 Å². The van der Waals surface area contributed by atoms with Gasteiger partial charge in [0.1, 0.15) is 24.7 Å². The molecule has 3 aromatic rings. The van der Waals surface area contributed by atoms with Crippen LogP contribution in [-0.4, -0.2) is 56.4 Å². The number of aromatic nitrogens is 4. The predicted molar refractivity (Wildman–Crippen MR) is 114 cm³/mol. The highest BCUT2D eigenvalue weighted by Crippen LogP contribution is 2.25. The summed E-state index contributed by atoms with van der Waals surface area (Å²) in [4.78, 5) is 38.0. The van der Waals surface area contributed by atoms with Gasteiger partial charge < -0.3 is 19.9 Å². The Bertz CT molecular complexity index is 1150. The van der Waals surface area contributed by atoms with Gasteiger partial charge in [-0.25, -0.2) is 0 Å². The third-order valence-electron chi connectivity index (χ3n) is 4.31. The van der Waals surface area contributed by atoms with Crippen LogP contribution in [0.2, 0.25) is 5.02 Å². The van der Waals surface area contributed by atoms with Crippen LogP contribution < -0.4 is 15.4 Å². The molecule has 174 valence electrons. The molecule has 13 nitrogen and oxygen atoms in total. The van der Waals surface area contributed by atoms with Crippen LogP contribution in [0.15, 0.2) is 29.0 Å². The molecule has 0 saturated heterocycles. The molecule has 0 saturated carbocycles. The Morgan fingerprint density at radius 2 is 1.94 bits per heavy atom. The Morgan fingerprint density at radius 1 is 1.24 bits per heavy atom. The number of hydrogen-bond acceptors (Lipinski definition) is 9. The Hall–Kier alpha value is -4.00. The number of nitrogens with zero attached hydrogens (tertiary/aromatic N) is 5. The molecule has 2 heterocycles. The molecule has 0 aliphatic rings. The molecule has 2 amide bonds. The zero-order valence-electron chi connectivity index (χ0n) is 17.7. The second kappa shape index (κ2) is 10.5. The topological polar surface area (TPSA) is 167 Å². The maximum atomic E-state index is 12.1. The molecular weight excluding hydrogens is 458 g/mol. The molecule has 0 bridgehead atoms. The molecule has 33 heavy (non-hydrogen) atoms. The predicted octanol–water partition coefficient (Wildman–Crippen LogP) is 1.42. The summed E-state index contributed by atoms with van der Waals surface area (Å²) in [7, 11) is 0. The summed E-state index contributed by atoms with van der Waals surface area (Å²) in [5, 5.41) is 23.9. The first-order valence-corrected chi connectivity index (χ1v) is 10.0. The number of carbonyl (C=O) groups excluding carboxylic acids is 2. The summed E-state index contributed by atoms with van der Waals surface area (Å²) in [5.74, 6) is -0.610. The average molecular weight is 478 g/mol. The Balaban J connectivity index is 1.38. The van der Waals surface area contributed by atoms with Crippen LogP contribution in [-0.2, 0) is 11.3 Å². The van der Waals surface area contributed by atoms with E-state index >= 15 is 0 Å². The van der Waals surface area contributed by atoms with Crippen LogP contribution in [0.1, 0.15) is 27.6 Å². The standard InChI is InChI=1S/C19H20ClN7O6/c1-11-5-14(6-12(2)17(11)20)32-10-16(28)21-3-4-22-18(29)19-24-15(25-33-19)9-26-8-13(7-23-26)27(30)31/h5-8H,3-4,9-10H2,1-2H3,(H,21,28)(H,22,29). The van der Waals surface area contributed by atoms with E-state index < -0.39 is 10.8 Å². The van der Waals surface area contributed by atoms with Crippen LogP contribution in [0.25, 0.3) is 0 Å². The number of benzene rings is 1. The SMILES string of the molecule is Cc1cc(OCC(=O)NCCNC(=O)c2nc(Cn3cc([N+](=O)[O-])cn3)no2)cc(C)c1Cl. The van der Waals surface area contributed by atoms with Crippen molar-refractivity contribution in [2.24, 2.45) is 0 Å². The number of carbonyl (C=O) groups is 2. The van der Waals surface area contributed by atoms with Gasteiger partial charge in [-0.05, 0) is 37.1 Å². The van der Waals surface area contributed by atoms with Crippen molar-refractivity contribution in [3.63, 3.8) is 0 Å². The molecule has 0 aliphatic carbocycles. The van der Waals surface area contributed by atoms with Gasteiger partial charge in [-0.15, -0.1) is 0 Å². The lowest BCUT2D eigenvalue weighted by atomic mass is 10.1. The first-order valence-electron chi connectivity index (χ1n) is 9.67. The summed E-state index contributed by atoms with van der Waals surface area (Å²) in [6.45, 7) is 3.78. The average Bonchev–Trinajstić information content (AvgIpc) is 3.43. The molecule has 0 unspecified atom stereocenters. The molecular formula is C19H20ClN7O6. The Kier molecular flexibility index (Phi) is 7.56. The lowest BCUT2D eigenvalue weighted by Gasteiger charge is -2.10. The third kappa shape index (κ3) is 6.49. The lowest BCUT2D eigenvalue weighted by Crippen LogP contribution is -2.36. The summed E-state index contributed by atoms with van der Waals surface area (Å²) < 4.78 is 11.6. The first kappa shape index (κ1) is 23.7. The van der Waals surface area contributed by atoms with Gasteiger partial charge >= 0.3 is 17.5 Å². The molecule has 0 spiro atoms. The monoisotopic (exact) mass is 477 g/mol. The van der Waals surface area contributed by atoms with E-state index in [1.807, 2.05) is 13.8 Å². The second-order valence-electron chi connectivity index (χ2n) is 6.93. The molecule has 2 aromatic heterocycles. The minimum Gasteiger partial charge on any atom is -0.484 e. The van der Waals surface area contributed by atoms with Crippen LogP contribution >= 0.6 is 11.6 Å². The minimum atomic E-state index is -0.627. The van der Waals surface area contributed by atoms with Crippen molar-refractivity contribution in [2.75, 3.05) is 19.7 Å². The zero-order chi connectivity index (χ0) is 24.0. The van der Waals surface area contributed by atoms with Gasteiger partial charge in [-0.2, -0.15) is 10.1 Å². The summed E-state index contributed by atoms with van der Waals surface area (Å²) in [6, 6.07) is 3.49. The summed E-state index contributed by atoms with van der Waals surface area (Å²) >= 11 is 6.11. The highest BCUT2D eigenvalue weighted by Gasteiger charge is 2.16. The molecule has 0 atom stereocenters. The number of halogens is 1. The van der Waals surface area contributed by atoms with Crippen LogP contribution in [0, 0.1) is 24.0 Å². The number of hydrogen-bond donors (Lipinski definition) is 2. The largest absolute Gasteiger partial charge is 0.484 e. The van der Waals surface area contributed by atoms with Gasteiger partial charge in [0, 0.05) is 18.1 Å². The zero-order valence-corrected chi connectivity index (χ0v) is 18.5. The van der Waals surface area contributed by atoms with Gasteiger partial charge in [0.05, 0.1) is 4.92 Å². The number of nitrogens with one attached hydrogen (secondary N) is 2. The van der Waals surface area contributed by atoms with E-state index in [0.29, 0.717) is 10.8 Å². The molecule has 2 N–H and O–H groups in total. The molecule has 1 aromatic carbocycles.